The monoisotopic (exact) mass is 828 g/mol. The molecule has 0 spiro atoms. The van der Waals surface area contributed by atoms with Crippen LogP contribution in [0.15, 0.2) is 228 Å². The van der Waals surface area contributed by atoms with E-state index in [0.717, 1.165) is 68.0 Å². The molecule has 0 aromatic heterocycles. The molecule has 8 aromatic carbocycles. The molecule has 5 heteroatoms. The number of benzene rings is 8. The van der Waals surface area contributed by atoms with Gasteiger partial charge in [-0.3, -0.25) is 0 Å². The fourth-order valence-electron chi connectivity index (χ4n) is 6.32. The number of rotatable bonds is 10. The normalized spacial score (nSPS) is 11.1. The molecular weight excluding hydrogens is 787 g/mol. The van der Waals surface area contributed by atoms with Gasteiger partial charge in [-0.05, 0) is 95.6 Å². The molecule has 280 valence electrons. The maximum Gasteiger partial charge on any atom is 2.00 e. The van der Waals surface area contributed by atoms with E-state index in [0.29, 0.717) is 0 Å². The van der Waals surface area contributed by atoms with Gasteiger partial charge >= 0.3 is 20.4 Å². The molecule has 0 radical (unpaired) electrons. The zero-order valence-electron chi connectivity index (χ0n) is 31.9. The molecule has 0 fully saturated rings. The van der Waals surface area contributed by atoms with Gasteiger partial charge in [-0.1, -0.05) is 123 Å². The van der Waals surface area contributed by atoms with Crippen molar-refractivity contribution in [2.45, 2.75) is 13.8 Å². The van der Waals surface area contributed by atoms with Crippen LogP contribution in [-0.2, 0) is 20.4 Å². The van der Waals surface area contributed by atoms with E-state index in [1.807, 2.05) is 111 Å². The quantitative estimate of drug-likeness (QED) is 0.0781. The molecule has 0 unspecified atom stereocenters. The van der Waals surface area contributed by atoms with E-state index in [9.17, 15) is 0 Å². The third-order valence-corrected chi connectivity index (χ3v) is 9.03. The van der Waals surface area contributed by atoms with E-state index >= 15 is 0 Å². The molecule has 0 aliphatic carbocycles. The predicted octanol–water partition coefficient (Wildman–Crippen LogP) is 14.2. The smallest absolute Gasteiger partial charge is 0.328 e. The summed E-state index contributed by atoms with van der Waals surface area (Å²) in [6.07, 6.45) is 0. The van der Waals surface area contributed by atoms with Crippen molar-refractivity contribution in [1.82, 2.24) is 0 Å². The molecule has 0 N–H and O–H groups in total. The van der Waals surface area contributed by atoms with Gasteiger partial charge in [0, 0.05) is 22.7 Å². The van der Waals surface area contributed by atoms with Gasteiger partial charge in [-0.2, -0.15) is 0 Å². The number of anilines is 6. The van der Waals surface area contributed by atoms with E-state index in [-0.39, 0.29) is 20.4 Å². The molecule has 0 saturated heterocycles. The van der Waals surface area contributed by atoms with Crippen LogP contribution in [0.1, 0.15) is 25.0 Å². The topological polar surface area (TPSA) is 31.2 Å². The van der Waals surface area contributed by atoms with E-state index in [1.54, 1.807) is 0 Å². The number of para-hydroxylation sites is 6. The van der Waals surface area contributed by atoms with Crippen molar-refractivity contribution in [3.8, 4) is 0 Å². The molecule has 0 heterocycles. The Kier molecular flexibility index (Phi) is 14.3. The number of aliphatic imine (C=N–C) groups is 2. The van der Waals surface area contributed by atoms with Crippen molar-refractivity contribution in [2.75, 3.05) is 9.80 Å². The Hall–Kier alpha value is -6.64. The van der Waals surface area contributed by atoms with Gasteiger partial charge in [0.1, 0.15) is 0 Å². The number of hydrogen-bond donors (Lipinski definition) is 0. The van der Waals surface area contributed by atoms with Crippen LogP contribution in [0.4, 0.5) is 45.5 Å². The summed E-state index contributed by atoms with van der Waals surface area (Å²) in [7, 11) is 0. The average molecular weight is 829 g/mol. The summed E-state index contributed by atoms with van der Waals surface area (Å²) >= 11 is 0. The van der Waals surface area contributed by atoms with Crippen LogP contribution in [0.25, 0.3) is 0 Å². The summed E-state index contributed by atoms with van der Waals surface area (Å²) in [4.78, 5) is 14.0. The van der Waals surface area contributed by atoms with Gasteiger partial charge in [-0.15, -0.1) is 59.7 Å². The van der Waals surface area contributed by atoms with Gasteiger partial charge in [0.2, 0.25) is 0 Å². The van der Waals surface area contributed by atoms with E-state index in [4.69, 9.17) is 9.98 Å². The Morgan fingerprint density at radius 2 is 0.614 bits per heavy atom. The Bertz CT molecular complexity index is 2220. The van der Waals surface area contributed by atoms with E-state index in [1.165, 1.54) is 0 Å². The van der Waals surface area contributed by atoms with Crippen molar-refractivity contribution >= 4 is 56.9 Å². The molecule has 0 bridgehead atoms. The molecule has 8 aromatic rings. The van der Waals surface area contributed by atoms with Crippen molar-refractivity contribution in [3.05, 3.63) is 242 Å². The van der Waals surface area contributed by atoms with E-state index < -0.39 is 0 Å². The number of hydrogen-bond acceptors (Lipinski definition) is 4. The molecule has 0 aliphatic heterocycles. The molecule has 0 amide bonds. The van der Waals surface area contributed by atoms with Crippen LogP contribution in [0, 0.1) is 12.1 Å². The molecular formula is C52H42N4Pd. The first kappa shape index (κ1) is 40.0. The minimum atomic E-state index is 0. The molecule has 8 rings (SSSR count). The van der Waals surface area contributed by atoms with Gasteiger partial charge in [0.15, 0.2) is 0 Å². The van der Waals surface area contributed by atoms with Gasteiger partial charge in [-0.25, -0.2) is 0 Å². The number of nitrogens with zero attached hydrogens (tertiary/aromatic N) is 4. The molecule has 0 saturated carbocycles. The summed E-state index contributed by atoms with van der Waals surface area (Å²) in [5.74, 6) is 0. The maximum atomic E-state index is 4.74. The first-order chi connectivity index (χ1) is 27.6. The van der Waals surface area contributed by atoms with Crippen LogP contribution in [0.5, 0.6) is 0 Å². The van der Waals surface area contributed by atoms with Crippen molar-refractivity contribution in [2.24, 2.45) is 9.98 Å². The molecule has 0 atom stereocenters. The summed E-state index contributed by atoms with van der Waals surface area (Å²) in [6.45, 7) is 4.05. The summed E-state index contributed by atoms with van der Waals surface area (Å²) in [5, 5.41) is 0. The molecule has 4 nitrogen and oxygen atoms in total. The van der Waals surface area contributed by atoms with Crippen molar-refractivity contribution in [3.63, 3.8) is 0 Å². The Balaban J connectivity index is 0.000000189. The maximum absolute atomic E-state index is 4.74. The predicted molar refractivity (Wildman–Crippen MR) is 237 cm³/mol. The van der Waals surface area contributed by atoms with Crippen molar-refractivity contribution < 1.29 is 20.4 Å². The Labute approximate surface area is 350 Å². The van der Waals surface area contributed by atoms with Gasteiger partial charge < -0.3 is 19.8 Å². The summed E-state index contributed by atoms with van der Waals surface area (Å²) in [5.41, 5.74) is 12.4. The third-order valence-electron chi connectivity index (χ3n) is 9.03. The minimum Gasteiger partial charge on any atom is -0.328 e. The van der Waals surface area contributed by atoms with E-state index in [2.05, 4.69) is 143 Å². The standard InChI is InChI=1S/2C26H21N2.Pd/c2*1-21(27-23-13-5-2-6-14-23)22-12-11-19-26(20-22)28(24-15-7-3-8-16-24)25-17-9-4-10-18-25;/h2*2-11,13-20H,1H3;/q2*-1;+2. The summed E-state index contributed by atoms with van der Waals surface area (Å²) in [6, 6.07) is 80.6. The van der Waals surface area contributed by atoms with Gasteiger partial charge in [0.05, 0.1) is 11.4 Å². The second kappa shape index (κ2) is 20.3. The fraction of sp³-hybridized carbons (Fsp3) is 0.0385. The van der Waals surface area contributed by atoms with Crippen LogP contribution >= 0.6 is 0 Å². The third kappa shape index (κ3) is 10.8. The minimum absolute atomic E-state index is 0. The zero-order chi connectivity index (χ0) is 38.4. The summed E-state index contributed by atoms with van der Waals surface area (Å²) < 4.78 is 0. The first-order valence-corrected chi connectivity index (χ1v) is 18.7. The second-order valence-electron chi connectivity index (χ2n) is 13.0. The van der Waals surface area contributed by atoms with Crippen LogP contribution in [-0.4, -0.2) is 11.4 Å². The Morgan fingerprint density at radius 1 is 0.351 bits per heavy atom. The molecule has 57 heavy (non-hydrogen) atoms. The first-order valence-electron chi connectivity index (χ1n) is 18.7. The SMILES string of the molecule is CC(=Nc1ccccc1)c1[c-]ccc(N(c2ccccc2)c2ccccc2)c1.CC(=Nc1ccccc1)c1[c-]ccc(N(c2ccccc2)c2ccccc2)c1.[Pd+2]. The second-order valence-corrected chi connectivity index (χ2v) is 13.0. The zero-order valence-corrected chi connectivity index (χ0v) is 33.4. The van der Waals surface area contributed by atoms with Crippen LogP contribution in [0.3, 0.4) is 0 Å². The Morgan fingerprint density at radius 3 is 0.895 bits per heavy atom. The van der Waals surface area contributed by atoms with Gasteiger partial charge in [0.25, 0.3) is 0 Å². The average Bonchev–Trinajstić information content (AvgIpc) is 3.27. The molecule has 0 aliphatic rings. The van der Waals surface area contributed by atoms with Crippen LogP contribution in [0.2, 0.25) is 0 Å². The fourth-order valence-corrected chi connectivity index (χ4v) is 6.32. The van der Waals surface area contributed by atoms with Crippen LogP contribution < -0.4 is 9.80 Å². The largest absolute Gasteiger partial charge is 2.00 e. The van der Waals surface area contributed by atoms with Crippen molar-refractivity contribution in [1.29, 1.82) is 0 Å².